The minimum atomic E-state index is -0.350. The van der Waals surface area contributed by atoms with Crippen molar-refractivity contribution in [2.75, 3.05) is 6.79 Å². The van der Waals surface area contributed by atoms with Crippen molar-refractivity contribution >= 4 is 5.97 Å². The molecule has 5 nitrogen and oxygen atoms in total. The SMILES string of the molecule is CC(C)C(=O)OCOON. The van der Waals surface area contributed by atoms with Gasteiger partial charge in [0.15, 0.2) is 0 Å². The van der Waals surface area contributed by atoms with E-state index < -0.39 is 0 Å². The van der Waals surface area contributed by atoms with Gasteiger partial charge in [0, 0.05) is 0 Å². The van der Waals surface area contributed by atoms with E-state index in [1.165, 1.54) is 0 Å². The second kappa shape index (κ2) is 5.16. The van der Waals surface area contributed by atoms with Crippen LogP contribution in [0.3, 0.4) is 0 Å². The fourth-order valence-corrected chi connectivity index (χ4v) is 0.277. The molecule has 0 radical (unpaired) electrons. The lowest BCUT2D eigenvalue weighted by molar-refractivity contribution is -0.335. The number of esters is 1. The summed E-state index contributed by atoms with van der Waals surface area (Å²) in [4.78, 5) is 18.4. The van der Waals surface area contributed by atoms with Crippen molar-refractivity contribution < 1.29 is 19.4 Å². The lowest BCUT2D eigenvalue weighted by atomic mass is 10.2. The van der Waals surface area contributed by atoms with Gasteiger partial charge in [0.25, 0.3) is 0 Å². The van der Waals surface area contributed by atoms with Crippen molar-refractivity contribution in [3.8, 4) is 0 Å². The third kappa shape index (κ3) is 4.25. The molecule has 60 valence electrons. The predicted octanol–water partition coefficient (Wildman–Crippen LogP) is -0.0350. The molecule has 0 bridgehead atoms. The number of hydrogen-bond acceptors (Lipinski definition) is 5. The largest absolute Gasteiger partial charge is 0.435 e. The van der Waals surface area contributed by atoms with Crippen molar-refractivity contribution in [1.82, 2.24) is 0 Å². The molecule has 2 N–H and O–H groups in total. The smallest absolute Gasteiger partial charge is 0.310 e. The van der Waals surface area contributed by atoms with Crippen LogP contribution in [0.25, 0.3) is 0 Å². The Labute approximate surface area is 58.9 Å². The minimum Gasteiger partial charge on any atom is -0.435 e. The monoisotopic (exact) mass is 149 g/mol. The van der Waals surface area contributed by atoms with Crippen LogP contribution in [0.4, 0.5) is 0 Å². The summed E-state index contributed by atoms with van der Waals surface area (Å²) in [6.07, 6.45) is 0. The molecule has 0 fully saturated rings. The summed E-state index contributed by atoms with van der Waals surface area (Å²) in [5.74, 6) is 3.96. The van der Waals surface area contributed by atoms with Gasteiger partial charge in [-0.2, -0.15) is 10.8 Å². The Balaban J connectivity index is 3.22. The van der Waals surface area contributed by atoms with Gasteiger partial charge in [0.05, 0.1) is 5.92 Å². The molecule has 10 heavy (non-hydrogen) atoms. The number of carbonyl (C=O) groups is 1. The van der Waals surface area contributed by atoms with E-state index in [-0.39, 0.29) is 18.7 Å². The predicted molar refractivity (Wildman–Crippen MR) is 32.2 cm³/mol. The van der Waals surface area contributed by atoms with Crippen LogP contribution in [0.2, 0.25) is 0 Å². The van der Waals surface area contributed by atoms with E-state index in [0.717, 1.165) is 0 Å². The van der Waals surface area contributed by atoms with Gasteiger partial charge in [0.1, 0.15) is 0 Å². The second-order valence-electron chi connectivity index (χ2n) is 1.95. The third-order valence-corrected chi connectivity index (χ3v) is 0.789. The highest BCUT2D eigenvalue weighted by atomic mass is 17.3. The van der Waals surface area contributed by atoms with Gasteiger partial charge in [0.2, 0.25) is 6.79 Å². The Morgan fingerprint density at radius 2 is 2.20 bits per heavy atom. The fraction of sp³-hybridized carbons (Fsp3) is 0.800. The molecule has 0 atom stereocenters. The van der Waals surface area contributed by atoms with Crippen LogP contribution < -0.4 is 5.90 Å². The maximum absolute atomic E-state index is 10.6. The van der Waals surface area contributed by atoms with Gasteiger partial charge < -0.3 is 4.74 Å². The first-order chi connectivity index (χ1) is 4.68. The number of nitrogens with two attached hydrogens (primary N) is 1. The van der Waals surface area contributed by atoms with E-state index >= 15 is 0 Å². The molecule has 0 rings (SSSR count). The Morgan fingerprint density at radius 1 is 1.60 bits per heavy atom. The zero-order valence-corrected chi connectivity index (χ0v) is 5.99. The van der Waals surface area contributed by atoms with Crippen molar-refractivity contribution in [3.63, 3.8) is 0 Å². The maximum atomic E-state index is 10.6. The average Bonchev–Trinajstić information content (AvgIpc) is 1.88. The molecule has 0 amide bonds. The number of hydrogen-bond donors (Lipinski definition) is 1. The molecule has 0 aromatic rings. The van der Waals surface area contributed by atoms with E-state index in [9.17, 15) is 4.79 Å². The van der Waals surface area contributed by atoms with Crippen LogP contribution in [0.1, 0.15) is 13.8 Å². The molecule has 5 heteroatoms. The molecule has 0 saturated heterocycles. The summed E-state index contributed by atoms with van der Waals surface area (Å²) < 4.78 is 4.48. The van der Waals surface area contributed by atoms with Gasteiger partial charge in [-0.3, -0.25) is 4.79 Å². The Kier molecular flexibility index (Phi) is 4.82. The maximum Gasteiger partial charge on any atom is 0.310 e. The van der Waals surface area contributed by atoms with E-state index in [4.69, 9.17) is 0 Å². The summed E-state index contributed by atoms with van der Waals surface area (Å²) in [5, 5.41) is 0. The minimum absolute atomic E-state index is 0.165. The topological polar surface area (TPSA) is 70.8 Å². The summed E-state index contributed by atoms with van der Waals surface area (Å²) in [6.45, 7) is 3.16. The van der Waals surface area contributed by atoms with Crippen molar-refractivity contribution in [2.24, 2.45) is 11.8 Å². The van der Waals surface area contributed by atoms with Crippen LogP contribution in [0.15, 0.2) is 0 Å². The van der Waals surface area contributed by atoms with Crippen molar-refractivity contribution in [1.29, 1.82) is 0 Å². The number of carbonyl (C=O) groups excluding carboxylic acids is 1. The summed E-state index contributed by atoms with van der Waals surface area (Å²) in [6, 6.07) is 0. The highest BCUT2D eigenvalue weighted by molar-refractivity contribution is 5.71. The zero-order chi connectivity index (χ0) is 7.98. The van der Waals surface area contributed by atoms with E-state index in [0.29, 0.717) is 0 Å². The molecule has 0 aliphatic carbocycles. The van der Waals surface area contributed by atoms with Crippen molar-refractivity contribution in [2.45, 2.75) is 13.8 Å². The Morgan fingerprint density at radius 3 is 2.60 bits per heavy atom. The number of rotatable bonds is 4. The molecular formula is C5H11NO4. The molecule has 0 aromatic carbocycles. The Hall–Kier alpha value is -0.650. The second-order valence-corrected chi connectivity index (χ2v) is 1.95. The lowest BCUT2D eigenvalue weighted by Crippen LogP contribution is -2.15. The van der Waals surface area contributed by atoms with E-state index in [2.05, 4.69) is 20.5 Å². The van der Waals surface area contributed by atoms with Crippen LogP contribution >= 0.6 is 0 Å². The van der Waals surface area contributed by atoms with Gasteiger partial charge >= 0.3 is 5.97 Å². The number of ether oxygens (including phenoxy) is 1. The lowest BCUT2D eigenvalue weighted by Gasteiger charge is -2.04. The van der Waals surface area contributed by atoms with Crippen LogP contribution in [0.5, 0.6) is 0 Å². The van der Waals surface area contributed by atoms with Gasteiger partial charge in [-0.05, 0) is 0 Å². The van der Waals surface area contributed by atoms with Crippen molar-refractivity contribution in [3.05, 3.63) is 0 Å². The molecule has 0 spiro atoms. The first-order valence-corrected chi connectivity index (χ1v) is 2.83. The molecule has 0 unspecified atom stereocenters. The average molecular weight is 149 g/mol. The van der Waals surface area contributed by atoms with Gasteiger partial charge in [-0.1, -0.05) is 13.8 Å². The van der Waals surface area contributed by atoms with E-state index in [1.54, 1.807) is 13.8 Å². The fourth-order valence-electron chi connectivity index (χ4n) is 0.277. The highest BCUT2D eigenvalue weighted by Gasteiger charge is 2.06. The zero-order valence-electron chi connectivity index (χ0n) is 5.99. The van der Waals surface area contributed by atoms with Gasteiger partial charge in [-0.15, -0.1) is 4.99 Å². The first kappa shape index (κ1) is 9.35. The molecule has 0 aliphatic rings. The van der Waals surface area contributed by atoms with Crippen LogP contribution in [0, 0.1) is 5.92 Å². The highest BCUT2D eigenvalue weighted by Crippen LogP contribution is 1.94. The molecular weight excluding hydrogens is 138 g/mol. The normalized spacial score (nSPS) is 10.0. The molecule has 0 saturated carbocycles. The Bertz CT molecular complexity index is 104. The summed E-state index contributed by atoms with van der Waals surface area (Å²) in [7, 11) is 0. The molecule has 0 heterocycles. The van der Waals surface area contributed by atoms with Gasteiger partial charge in [-0.25, -0.2) is 0 Å². The molecule has 0 aliphatic heterocycles. The first-order valence-electron chi connectivity index (χ1n) is 2.83. The standard InChI is InChI=1S/C5H11NO4/c1-4(2)5(7)8-3-9-10-6/h4H,3,6H2,1-2H3. The van der Waals surface area contributed by atoms with Crippen LogP contribution in [-0.4, -0.2) is 12.8 Å². The summed E-state index contributed by atoms with van der Waals surface area (Å²) >= 11 is 0. The van der Waals surface area contributed by atoms with Crippen LogP contribution in [-0.2, 0) is 19.4 Å². The van der Waals surface area contributed by atoms with E-state index in [1.807, 2.05) is 0 Å². The quantitative estimate of drug-likeness (QED) is 0.200. The molecule has 0 aromatic heterocycles. The third-order valence-electron chi connectivity index (χ3n) is 0.789. The summed E-state index contributed by atoms with van der Waals surface area (Å²) in [5.41, 5.74) is 0.